The fourth-order valence-corrected chi connectivity index (χ4v) is 10.8. The highest BCUT2D eigenvalue weighted by Gasteiger charge is 2.51. The maximum Gasteiger partial charge on any atom is 0.306 e. The van der Waals surface area contributed by atoms with E-state index in [4.69, 9.17) is 42.6 Å². The van der Waals surface area contributed by atoms with Gasteiger partial charge in [-0.15, -0.1) is 0 Å². The average molecular weight is 989 g/mol. The van der Waals surface area contributed by atoms with E-state index in [1.165, 1.54) is 96.3 Å². The van der Waals surface area contributed by atoms with Gasteiger partial charge >= 0.3 is 17.9 Å². The van der Waals surface area contributed by atoms with Gasteiger partial charge in [-0.25, -0.2) is 0 Å². The molecule has 70 heavy (non-hydrogen) atoms. The summed E-state index contributed by atoms with van der Waals surface area (Å²) in [6, 6.07) is 0. The number of epoxide rings is 6. The van der Waals surface area contributed by atoms with Crippen LogP contribution in [0.2, 0.25) is 0 Å². The normalized spacial score (nSPS) is 29.4. The van der Waals surface area contributed by atoms with Gasteiger partial charge in [-0.3, -0.25) is 14.4 Å². The number of hydrogen-bond acceptors (Lipinski definition) is 12. The van der Waals surface area contributed by atoms with E-state index in [-0.39, 0.29) is 31.1 Å². The summed E-state index contributed by atoms with van der Waals surface area (Å²) in [7, 11) is 0. The molecule has 0 spiro atoms. The van der Waals surface area contributed by atoms with Gasteiger partial charge in [-0.1, -0.05) is 162 Å². The maximum atomic E-state index is 12.9. The first-order valence-corrected chi connectivity index (χ1v) is 29.8. The summed E-state index contributed by atoms with van der Waals surface area (Å²) < 4.78 is 52.0. The molecule has 0 bridgehead atoms. The molecule has 0 amide bonds. The van der Waals surface area contributed by atoms with Gasteiger partial charge in [0.2, 0.25) is 0 Å². The number of unbranched alkanes of at least 4 members (excludes halogenated alkanes) is 20. The van der Waals surface area contributed by atoms with Crippen molar-refractivity contribution in [1.82, 2.24) is 0 Å². The van der Waals surface area contributed by atoms with Crippen LogP contribution in [0.3, 0.4) is 0 Å². The van der Waals surface area contributed by atoms with Crippen LogP contribution in [0.4, 0.5) is 0 Å². The molecular weight excluding hydrogens is 889 g/mol. The number of esters is 3. The Balaban J connectivity index is 0.754. The Morgan fingerprint density at radius 2 is 0.614 bits per heavy atom. The Labute approximate surface area is 424 Å². The minimum absolute atomic E-state index is 0.103. The first-order valence-electron chi connectivity index (χ1n) is 29.8. The van der Waals surface area contributed by atoms with Crippen molar-refractivity contribution in [2.45, 2.75) is 338 Å². The third-order valence-corrected chi connectivity index (χ3v) is 15.9. The number of carbonyl (C=O) groups is 3. The van der Waals surface area contributed by atoms with Crippen molar-refractivity contribution >= 4 is 17.9 Å². The molecule has 6 heterocycles. The van der Waals surface area contributed by atoms with Crippen molar-refractivity contribution in [3.63, 3.8) is 0 Å². The Bertz CT molecular complexity index is 1440. The monoisotopic (exact) mass is 989 g/mol. The zero-order valence-electron chi connectivity index (χ0n) is 44.5. The van der Waals surface area contributed by atoms with E-state index in [2.05, 4.69) is 20.8 Å². The maximum absolute atomic E-state index is 12.9. The molecule has 13 atom stereocenters. The van der Waals surface area contributed by atoms with E-state index in [1.54, 1.807) is 0 Å². The molecule has 6 saturated heterocycles. The van der Waals surface area contributed by atoms with Gasteiger partial charge in [0.05, 0.1) is 73.2 Å². The lowest BCUT2D eigenvalue weighted by molar-refractivity contribution is -0.167. The van der Waals surface area contributed by atoms with Crippen LogP contribution >= 0.6 is 0 Å². The first-order chi connectivity index (χ1) is 34.3. The van der Waals surface area contributed by atoms with E-state index in [0.717, 1.165) is 122 Å². The van der Waals surface area contributed by atoms with Crippen LogP contribution in [0.25, 0.3) is 0 Å². The molecule has 0 aromatic carbocycles. The fourth-order valence-electron chi connectivity index (χ4n) is 10.8. The average Bonchev–Trinajstić information content (AvgIpc) is 4.10. The van der Waals surface area contributed by atoms with E-state index >= 15 is 0 Å². The van der Waals surface area contributed by atoms with Gasteiger partial charge < -0.3 is 42.6 Å². The lowest BCUT2D eigenvalue weighted by Crippen LogP contribution is -2.30. The molecule has 0 aliphatic carbocycles. The van der Waals surface area contributed by atoms with Crippen LogP contribution in [0.1, 0.15) is 258 Å². The number of hydrogen-bond donors (Lipinski definition) is 0. The molecule has 0 aromatic heterocycles. The summed E-state index contributed by atoms with van der Waals surface area (Å²) in [5, 5.41) is 0. The highest BCUT2D eigenvalue weighted by molar-refractivity contribution is 5.71. The van der Waals surface area contributed by atoms with Gasteiger partial charge in [-0.2, -0.15) is 0 Å². The second kappa shape index (κ2) is 33.2. The van der Waals surface area contributed by atoms with Crippen molar-refractivity contribution in [1.29, 1.82) is 0 Å². The lowest BCUT2D eigenvalue weighted by atomic mass is 10.0. The largest absolute Gasteiger partial charge is 0.462 e. The molecular formula is C58H100O12. The van der Waals surface area contributed by atoms with Crippen LogP contribution < -0.4 is 0 Å². The molecule has 6 rings (SSSR count). The molecule has 12 nitrogen and oxygen atoms in total. The molecule has 6 fully saturated rings. The van der Waals surface area contributed by atoms with Gasteiger partial charge in [0.25, 0.3) is 0 Å². The molecule has 13 unspecified atom stereocenters. The highest BCUT2D eigenvalue weighted by atomic mass is 16.6. The minimum Gasteiger partial charge on any atom is -0.462 e. The van der Waals surface area contributed by atoms with Crippen LogP contribution in [-0.2, 0) is 57.0 Å². The van der Waals surface area contributed by atoms with Gasteiger partial charge in [0, 0.05) is 38.5 Å². The second-order valence-corrected chi connectivity index (χ2v) is 22.2. The SMILES string of the molecule is CCCCCCCCC1OC1CCCCCCCC(=O)OC(COC(=O)CCCCCCCCC1OC1CC1OC1CCCC)COC(=O)CCCCCCCCC1OC1CC1OC1CC1OC1CC. The lowest BCUT2D eigenvalue weighted by Gasteiger charge is -2.18. The Hall–Kier alpha value is -1.83. The van der Waals surface area contributed by atoms with Gasteiger partial charge in [-0.05, 0) is 57.8 Å². The van der Waals surface area contributed by atoms with E-state index in [1.807, 2.05) is 0 Å². The predicted octanol–water partition coefficient (Wildman–Crippen LogP) is 13.1. The smallest absolute Gasteiger partial charge is 0.306 e. The molecule has 0 saturated carbocycles. The van der Waals surface area contributed by atoms with Crippen LogP contribution in [-0.4, -0.2) is 110 Å². The zero-order chi connectivity index (χ0) is 49.2. The van der Waals surface area contributed by atoms with Crippen LogP contribution in [0, 0.1) is 0 Å². The number of rotatable bonds is 48. The zero-order valence-corrected chi connectivity index (χ0v) is 44.5. The molecule has 6 aliphatic heterocycles. The summed E-state index contributed by atoms with van der Waals surface area (Å²) in [6.07, 6.45) is 43.4. The van der Waals surface area contributed by atoms with Crippen molar-refractivity contribution in [3.8, 4) is 0 Å². The minimum atomic E-state index is -0.809. The standard InChI is InChI=1S/C58H100O12/c1-4-7-9-10-16-23-31-45-46(66-45)32-24-19-15-22-29-37-58(61)64-43(41-62-56(59)35-27-20-13-11-17-25-33-48-52(68-48)39-51-47(67-51)30-8-5-2)42-63-57(60)36-28-21-14-12-18-26-34-49-53(69-49)40-55-54(70-55)38-50-44(6-3)65-50/h43-55H,4-42H2,1-3H3. The fraction of sp³-hybridized carbons (Fsp3) is 0.948. The van der Waals surface area contributed by atoms with Crippen molar-refractivity contribution in [2.24, 2.45) is 0 Å². The molecule has 12 heteroatoms. The third kappa shape index (κ3) is 24.9. The van der Waals surface area contributed by atoms with Crippen LogP contribution in [0.15, 0.2) is 0 Å². The summed E-state index contributed by atoms with van der Waals surface area (Å²) in [5.74, 6) is -0.946. The summed E-state index contributed by atoms with van der Waals surface area (Å²) in [4.78, 5) is 38.4. The highest BCUT2D eigenvalue weighted by Crippen LogP contribution is 2.42. The quantitative estimate of drug-likeness (QED) is 0.0247. The Morgan fingerprint density at radius 3 is 1.01 bits per heavy atom. The second-order valence-electron chi connectivity index (χ2n) is 22.2. The molecule has 0 radical (unpaired) electrons. The van der Waals surface area contributed by atoms with E-state index < -0.39 is 6.10 Å². The first kappa shape index (κ1) is 57.4. The van der Waals surface area contributed by atoms with Crippen molar-refractivity contribution in [2.75, 3.05) is 13.2 Å². The van der Waals surface area contributed by atoms with Crippen molar-refractivity contribution in [3.05, 3.63) is 0 Å². The van der Waals surface area contributed by atoms with Crippen LogP contribution in [0.5, 0.6) is 0 Å². The number of ether oxygens (including phenoxy) is 9. The van der Waals surface area contributed by atoms with Gasteiger partial charge in [0.15, 0.2) is 6.10 Å². The van der Waals surface area contributed by atoms with Gasteiger partial charge in [0.1, 0.15) is 13.2 Å². The predicted molar refractivity (Wildman–Crippen MR) is 272 cm³/mol. The molecule has 0 aromatic rings. The van der Waals surface area contributed by atoms with E-state index in [9.17, 15) is 14.4 Å². The molecule has 0 N–H and O–H groups in total. The topological polar surface area (TPSA) is 154 Å². The summed E-state index contributed by atoms with van der Waals surface area (Å²) in [6.45, 7) is 6.46. The van der Waals surface area contributed by atoms with E-state index in [0.29, 0.717) is 92.5 Å². The Morgan fingerprint density at radius 1 is 0.329 bits per heavy atom. The summed E-state index contributed by atoms with van der Waals surface area (Å²) in [5.41, 5.74) is 0. The number of carbonyl (C=O) groups excluding carboxylic acids is 3. The van der Waals surface area contributed by atoms with Crippen molar-refractivity contribution < 1.29 is 57.0 Å². The Kier molecular flexibility index (Phi) is 27.2. The third-order valence-electron chi connectivity index (χ3n) is 15.9. The summed E-state index contributed by atoms with van der Waals surface area (Å²) >= 11 is 0. The molecule has 404 valence electrons. The molecule has 6 aliphatic rings.